The second kappa shape index (κ2) is 8.67. The first-order valence-corrected chi connectivity index (χ1v) is 11.7. The van der Waals surface area contributed by atoms with Crippen molar-refractivity contribution in [2.24, 2.45) is 0 Å². The van der Waals surface area contributed by atoms with Gasteiger partial charge in [-0.25, -0.2) is 4.98 Å². The molecule has 0 aliphatic carbocycles. The van der Waals surface area contributed by atoms with Crippen LogP contribution in [0.1, 0.15) is 53.0 Å². The van der Waals surface area contributed by atoms with Crippen LogP contribution < -0.4 is 0 Å². The maximum Gasteiger partial charge on any atom is 0.274 e. The molecule has 1 amide bonds. The van der Waals surface area contributed by atoms with Crippen molar-refractivity contribution in [3.05, 3.63) is 59.2 Å². The van der Waals surface area contributed by atoms with Crippen LogP contribution in [0.4, 0.5) is 0 Å². The first-order valence-electron chi connectivity index (χ1n) is 11.7. The Morgan fingerprint density at radius 2 is 1.68 bits per heavy atom. The first-order chi connectivity index (χ1) is 15.1. The number of carbonyl (C=O) groups excluding carboxylic acids is 1. The topological polar surface area (TPSA) is 52.6 Å². The van der Waals surface area contributed by atoms with Gasteiger partial charge in [-0.15, -0.1) is 0 Å². The van der Waals surface area contributed by atoms with Crippen LogP contribution in [0.5, 0.6) is 0 Å². The number of piperidine rings is 1. The molecule has 164 valence electrons. The Hall–Kier alpha value is -2.31. The Bertz CT molecular complexity index is 914. The Morgan fingerprint density at radius 3 is 2.39 bits per heavy atom. The number of fused-ring (bicyclic) bond motifs is 2. The van der Waals surface area contributed by atoms with Crippen LogP contribution in [0.3, 0.4) is 0 Å². The SMILES string of the molecule is Cc1cnc(C(=O)N2Cc3ccccc3C3(CCN(CCN4CCCC4)CC3)C2)cn1. The van der Waals surface area contributed by atoms with Crippen molar-refractivity contribution in [2.75, 3.05) is 45.8 Å². The lowest BCUT2D eigenvalue weighted by Gasteiger charge is -2.48. The molecule has 0 bridgehead atoms. The quantitative estimate of drug-likeness (QED) is 0.763. The molecule has 1 aromatic carbocycles. The van der Waals surface area contributed by atoms with E-state index in [0.717, 1.165) is 38.2 Å². The average molecular weight is 420 g/mol. The summed E-state index contributed by atoms with van der Waals surface area (Å²) in [6.07, 6.45) is 8.22. The highest BCUT2D eigenvalue weighted by Gasteiger charge is 2.43. The van der Waals surface area contributed by atoms with Crippen LogP contribution in [0.2, 0.25) is 0 Å². The summed E-state index contributed by atoms with van der Waals surface area (Å²) in [5.41, 5.74) is 4.06. The zero-order chi connectivity index (χ0) is 21.3. The molecule has 1 aromatic heterocycles. The van der Waals surface area contributed by atoms with Crippen molar-refractivity contribution < 1.29 is 4.79 Å². The number of aromatic nitrogens is 2. The van der Waals surface area contributed by atoms with E-state index in [9.17, 15) is 4.79 Å². The molecular formula is C25H33N5O. The second-order valence-corrected chi connectivity index (χ2v) is 9.53. The minimum Gasteiger partial charge on any atom is -0.332 e. The minimum absolute atomic E-state index is 0.00200. The van der Waals surface area contributed by atoms with E-state index in [-0.39, 0.29) is 11.3 Å². The summed E-state index contributed by atoms with van der Waals surface area (Å²) in [7, 11) is 0. The van der Waals surface area contributed by atoms with Gasteiger partial charge in [-0.1, -0.05) is 24.3 Å². The third kappa shape index (κ3) is 4.23. The maximum absolute atomic E-state index is 13.3. The second-order valence-electron chi connectivity index (χ2n) is 9.53. The molecule has 3 aliphatic rings. The van der Waals surface area contributed by atoms with Gasteiger partial charge < -0.3 is 14.7 Å². The normalized spacial score (nSPS) is 21.4. The molecule has 0 radical (unpaired) electrons. The lowest BCUT2D eigenvalue weighted by Crippen LogP contribution is -2.53. The van der Waals surface area contributed by atoms with Crippen molar-refractivity contribution in [3.8, 4) is 0 Å². The molecule has 5 rings (SSSR count). The van der Waals surface area contributed by atoms with E-state index >= 15 is 0 Å². The molecule has 2 fully saturated rings. The van der Waals surface area contributed by atoms with Crippen molar-refractivity contribution in [1.82, 2.24) is 24.7 Å². The lowest BCUT2D eigenvalue weighted by molar-refractivity contribution is 0.0566. The number of nitrogens with zero attached hydrogens (tertiary/aromatic N) is 5. The van der Waals surface area contributed by atoms with E-state index < -0.39 is 0 Å². The summed E-state index contributed by atoms with van der Waals surface area (Å²) in [6.45, 7) is 10.4. The highest BCUT2D eigenvalue weighted by Crippen LogP contribution is 2.42. The molecule has 0 unspecified atom stereocenters. The molecule has 6 heteroatoms. The van der Waals surface area contributed by atoms with E-state index in [4.69, 9.17) is 0 Å². The van der Waals surface area contributed by atoms with Gasteiger partial charge in [0, 0.05) is 37.8 Å². The summed E-state index contributed by atoms with van der Waals surface area (Å²) >= 11 is 0. The number of rotatable bonds is 4. The van der Waals surface area contributed by atoms with Gasteiger partial charge >= 0.3 is 0 Å². The van der Waals surface area contributed by atoms with Gasteiger partial charge in [-0.05, 0) is 69.9 Å². The zero-order valence-electron chi connectivity index (χ0n) is 18.6. The van der Waals surface area contributed by atoms with Crippen LogP contribution in [0.25, 0.3) is 0 Å². The van der Waals surface area contributed by atoms with Crippen molar-refractivity contribution in [1.29, 1.82) is 0 Å². The van der Waals surface area contributed by atoms with Gasteiger partial charge in [0.15, 0.2) is 0 Å². The van der Waals surface area contributed by atoms with Crippen LogP contribution >= 0.6 is 0 Å². The van der Waals surface area contributed by atoms with Crippen molar-refractivity contribution in [2.45, 2.75) is 44.6 Å². The van der Waals surface area contributed by atoms with Gasteiger partial charge in [0.05, 0.1) is 11.9 Å². The Balaban J connectivity index is 1.31. The van der Waals surface area contributed by atoms with E-state index in [1.54, 1.807) is 12.4 Å². The highest BCUT2D eigenvalue weighted by molar-refractivity contribution is 5.92. The fraction of sp³-hybridized carbons (Fsp3) is 0.560. The lowest BCUT2D eigenvalue weighted by atomic mass is 9.68. The van der Waals surface area contributed by atoms with Gasteiger partial charge in [0.25, 0.3) is 5.91 Å². The number of hydrogen-bond donors (Lipinski definition) is 0. The highest BCUT2D eigenvalue weighted by atomic mass is 16.2. The molecule has 1 spiro atoms. The number of benzene rings is 1. The Morgan fingerprint density at radius 1 is 0.968 bits per heavy atom. The van der Waals surface area contributed by atoms with E-state index in [2.05, 4.69) is 44.0 Å². The Kier molecular flexibility index (Phi) is 5.76. The standard InChI is InChI=1S/C25H33N5O/c1-20-16-27-23(17-26-20)24(31)30-18-21-6-2-3-7-22(21)25(19-30)8-12-29(13-9-25)15-14-28-10-4-5-11-28/h2-3,6-7,16-17H,4-5,8-15,18-19H2,1H3. The fourth-order valence-corrected chi connectivity index (χ4v) is 5.62. The molecule has 3 aliphatic heterocycles. The number of hydrogen-bond acceptors (Lipinski definition) is 5. The fourth-order valence-electron chi connectivity index (χ4n) is 5.62. The molecule has 2 saturated heterocycles. The summed E-state index contributed by atoms with van der Waals surface area (Å²) in [6, 6.07) is 8.74. The maximum atomic E-state index is 13.3. The van der Waals surface area contributed by atoms with Crippen LogP contribution in [-0.4, -0.2) is 76.4 Å². The van der Waals surface area contributed by atoms with Gasteiger partial charge in [-0.2, -0.15) is 0 Å². The summed E-state index contributed by atoms with van der Waals surface area (Å²) in [5, 5.41) is 0. The van der Waals surface area contributed by atoms with E-state index in [1.165, 1.54) is 50.1 Å². The number of amides is 1. The molecule has 31 heavy (non-hydrogen) atoms. The molecule has 0 atom stereocenters. The monoisotopic (exact) mass is 419 g/mol. The van der Waals surface area contributed by atoms with E-state index in [1.807, 2.05) is 11.8 Å². The third-order valence-corrected chi connectivity index (χ3v) is 7.48. The molecule has 0 saturated carbocycles. The smallest absolute Gasteiger partial charge is 0.274 e. The summed E-state index contributed by atoms with van der Waals surface area (Å²) < 4.78 is 0. The molecular weight excluding hydrogens is 386 g/mol. The predicted molar refractivity (Wildman–Crippen MR) is 121 cm³/mol. The Labute approximate surface area is 185 Å². The molecule has 0 N–H and O–H groups in total. The predicted octanol–water partition coefficient (Wildman–Crippen LogP) is 2.87. The van der Waals surface area contributed by atoms with Gasteiger partial charge in [0.2, 0.25) is 0 Å². The van der Waals surface area contributed by atoms with Crippen LogP contribution in [-0.2, 0) is 12.0 Å². The summed E-state index contributed by atoms with van der Waals surface area (Å²) in [4.78, 5) is 29.1. The molecule has 6 nitrogen and oxygen atoms in total. The van der Waals surface area contributed by atoms with Crippen molar-refractivity contribution >= 4 is 5.91 Å². The molecule has 4 heterocycles. The average Bonchev–Trinajstić information content (AvgIpc) is 3.33. The largest absolute Gasteiger partial charge is 0.332 e. The van der Waals surface area contributed by atoms with Crippen LogP contribution in [0, 0.1) is 6.92 Å². The zero-order valence-corrected chi connectivity index (χ0v) is 18.6. The molecule has 2 aromatic rings. The van der Waals surface area contributed by atoms with Crippen molar-refractivity contribution in [3.63, 3.8) is 0 Å². The van der Waals surface area contributed by atoms with Gasteiger partial charge in [0.1, 0.15) is 5.69 Å². The number of aryl methyl sites for hydroxylation is 1. The van der Waals surface area contributed by atoms with Crippen LogP contribution in [0.15, 0.2) is 36.7 Å². The van der Waals surface area contributed by atoms with Gasteiger partial charge in [-0.3, -0.25) is 9.78 Å². The number of likely N-dealkylation sites (tertiary alicyclic amines) is 2. The minimum atomic E-state index is -0.00200. The third-order valence-electron chi connectivity index (χ3n) is 7.48. The van der Waals surface area contributed by atoms with E-state index in [0.29, 0.717) is 12.2 Å². The number of carbonyl (C=O) groups is 1. The first kappa shape index (κ1) is 20.6. The summed E-state index contributed by atoms with van der Waals surface area (Å²) in [5.74, 6) is -0.00200.